The highest BCUT2D eigenvalue weighted by molar-refractivity contribution is 7.15. The van der Waals surface area contributed by atoms with Gasteiger partial charge in [0.05, 0.1) is 17.9 Å². The van der Waals surface area contributed by atoms with E-state index in [1.165, 1.54) is 10.4 Å². The number of aryl methyl sites for hydroxylation is 1. The quantitative estimate of drug-likeness (QED) is 0.663. The second-order valence-corrected chi connectivity index (χ2v) is 8.03. The summed E-state index contributed by atoms with van der Waals surface area (Å²) in [6.45, 7) is 4.98. The number of rotatable bonds is 5. The molecule has 1 aliphatic rings. The van der Waals surface area contributed by atoms with Gasteiger partial charge in [-0.25, -0.2) is 0 Å². The van der Waals surface area contributed by atoms with Crippen molar-refractivity contribution in [1.29, 1.82) is 0 Å². The molecule has 4 rings (SSSR count). The van der Waals surface area contributed by atoms with E-state index in [9.17, 15) is 0 Å². The third-order valence-electron chi connectivity index (χ3n) is 4.83. The van der Waals surface area contributed by atoms with Crippen LogP contribution in [0.2, 0.25) is 0 Å². The highest BCUT2D eigenvalue weighted by Gasteiger charge is 2.26. The van der Waals surface area contributed by atoms with Gasteiger partial charge >= 0.3 is 0 Å². The molecule has 3 heterocycles. The fourth-order valence-corrected chi connectivity index (χ4v) is 4.31. The van der Waals surface area contributed by atoms with Gasteiger partial charge in [0.25, 0.3) is 5.89 Å². The summed E-state index contributed by atoms with van der Waals surface area (Å²) in [6.07, 6.45) is 2.23. The Morgan fingerprint density at radius 3 is 2.92 bits per heavy atom. The van der Waals surface area contributed by atoms with Crippen LogP contribution in [0.5, 0.6) is 5.75 Å². The minimum Gasteiger partial charge on any atom is -0.496 e. The summed E-state index contributed by atoms with van der Waals surface area (Å²) >= 11 is 1.69. The first-order valence-electron chi connectivity index (χ1n) is 8.97. The first-order chi connectivity index (χ1) is 12.7. The van der Waals surface area contributed by atoms with Crippen LogP contribution < -0.4 is 4.74 Å². The second-order valence-electron chi connectivity index (χ2n) is 6.74. The van der Waals surface area contributed by atoms with Crippen LogP contribution in [-0.2, 0) is 6.54 Å². The van der Waals surface area contributed by atoms with E-state index >= 15 is 0 Å². The Morgan fingerprint density at radius 1 is 1.23 bits per heavy atom. The smallest absolute Gasteiger partial charge is 0.257 e. The maximum absolute atomic E-state index is 6.00. The first-order valence-corrected chi connectivity index (χ1v) is 9.79. The number of para-hydroxylation sites is 1. The number of methoxy groups -OCH3 is 1. The van der Waals surface area contributed by atoms with Crippen LogP contribution >= 0.6 is 11.3 Å². The van der Waals surface area contributed by atoms with Crippen molar-refractivity contribution in [1.82, 2.24) is 15.1 Å². The monoisotopic (exact) mass is 369 g/mol. The SMILES string of the molecule is COc1ccccc1CN1CCCC(c2nnc(-c3ccc(C)s3)o2)C1. The Kier molecular flexibility index (Phi) is 5.04. The number of hydrogen-bond donors (Lipinski definition) is 0. The minimum absolute atomic E-state index is 0.292. The number of ether oxygens (including phenoxy) is 1. The number of likely N-dealkylation sites (tertiary alicyclic amines) is 1. The molecule has 0 bridgehead atoms. The summed E-state index contributed by atoms with van der Waals surface area (Å²) in [5.41, 5.74) is 1.22. The van der Waals surface area contributed by atoms with Crippen LogP contribution in [0.15, 0.2) is 40.8 Å². The molecule has 0 saturated carbocycles. The maximum Gasteiger partial charge on any atom is 0.257 e. The van der Waals surface area contributed by atoms with Crippen LogP contribution in [0.25, 0.3) is 10.8 Å². The van der Waals surface area contributed by atoms with Crippen LogP contribution in [0.1, 0.15) is 35.1 Å². The number of piperidine rings is 1. The lowest BCUT2D eigenvalue weighted by Gasteiger charge is -2.31. The van der Waals surface area contributed by atoms with Gasteiger partial charge in [-0.3, -0.25) is 4.90 Å². The van der Waals surface area contributed by atoms with Gasteiger partial charge in [0, 0.05) is 23.5 Å². The predicted molar refractivity (Wildman–Crippen MR) is 103 cm³/mol. The zero-order valence-electron chi connectivity index (χ0n) is 15.1. The third kappa shape index (κ3) is 3.66. The Balaban J connectivity index is 1.46. The van der Waals surface area contributed by atoms with Crippen LogP contribution in [-0.4, -0.2) is 35.3 Å². The number of nitrogens with zero attached hydrogens (tertiary/aromatic N) is 3. The number of benzene rings is 1. The lowest BCUT2D eigenvalue weighted by Crippen LogP contribution is -2.34. The van der Waals surface area contributed by atoms with Crippen molar-refractivity contribution in [2.45, 2.75) is 32.2 Å². The molecule has 1 atom stereocenters. The van der Waals surface area contributed by atoms with Crippen LogP contribution in [0, 0.1) is 6.92 Å². The predicted octanol–water partition coefficient (Wildman–Crippen LogP) is 4.49. The minimum atomic E-state index is 0.292. The van der Waals surface area contributed by atoms with Gasteiger partial charge in [0.15, 0.2) is 0 Å². The summed E-state index contributed by atoms with van der Waals surface area (Å²) in [5.74, 6) is 2.64. The van der Waals surface area contributed by atoms with Crippen LogP contribution in [0.4, 0.5) is 0 Å². The average Bonchev–Trinajstić information content (AvgIpc) is 3.31. The maximum atomic E-state index is 6.00. The zero-order valence-corrected chi connectivity index (χ0v) is 16.0. The number of hydrogen-bond acceptors (Lipinski definition) is 6. The van der Waals surface area contributed by atoms with Gasteiger partial charge in [0.2, 0.25) is 5.89 Å². The van der Waals surface area contributed by atoms with E-state index in [0.717, 1.165) is 49.0 Å². The highest BCUT2D eigenvalue weighted by Crippen LogP contribution is 2.32. The van der Waals surface area contributed by atoms with E-state index in [2.05, 4.69) is 40.2 Å². The van der Waals surface area contributed by atoms with Crippen molar-refractivity contribution in [3.05, 3.63) is 52.7 Å². The molecule has 6 heteroatoms. The topological polar surface area (TPSA) is 51.4 Å². The lowest BCUT2D eigenvalue weighted by atomic mass is 9.97. The second kappa shape index (κ2) is 7.60. The van der Waals surface area contributed by atoms with E-state index < -0.39 is 0 Å². The third-order valence-corrected chi connectivity index (χ3v) is 5.82. The lowest BCUT2D eigenvalue weighted by molar-refractivity contribution is 0.184. The van der Waals surface area contributed by atoms with E-state index in [4.69, 9.17) is 9.15 Å². The summed E-state index contributed by atoms with van der Waals surface area (Å²) in [5, 5.41) is 8.61. The molecule has 0 N–H and O–H groups in total. The largest absolute Gasteiger partial charge is 0.496 e. The fourth-order valence-electron chi connectivity index (χ4n) is 3.52. The summed E-state index contributed by atoms with van der Waals surface area (Å²) in [4.78, 5) is 4.74. The van der Waals surface area contributed by atoms with Gasteiger partial charge < -0.3 is 9.15 Å². The molecule has 1 saturated heterocycles. The Bertz CT molecular complexity index is 873. The van der Waals surface area contributed by atoms with Crippen molar-refractivity contribution in [2.24, 2.45) is 0 Å². The molecule has 1 unspecified atom stereocenters. The molecule has 1 aliphatic heterocycles. The van der Waals surface area contributed by atoms with Gasteiger partial charge in [-0.2, -0.15) is 0 Å². The molecule has 136 valence electrons. The van der Waals surface area contributed by atoms with Crippen molar-refractivity contribution < 1.29 is 9.15 Å². The molecule has 26 heavy (non-hydrogen) atoms. The van der Waals surface area contributed by atoms with E-state index in [-0.39, 0.29) is 0 Å². The number of aromatic nitrogens is 2. The fraction of sp³-hybridized carbons (Fsp3) is 0.400. The summed E-state index contributed by atoms with van der Waals surface area (Å²) < 4.78 is 11.5. The van der Waals surface area contributed by atoms with Crippen molar-refractivity contribution in [3.8, 4) is 16.5 Å². The average molecular weight is 369 g/mol. The van der Waals surface area contributed by atoms with Crippen molar-refractivity contribution in [2.75, 3.05) is 20.2 Å². The zero-order chi connectivity index (χ0) is 17.9. The number of thiophene rings is 1. The van der Waals surface area contributed by atoms with Crippen molar-refractivity contribution >= 4 is 11.3 Å². The molecule has 2 aromatic heterocycles. The Labute approximate surface area is 157 Å². The Morgan fingerprint density at radius 2 is 2.12 bits per heavy atom. The molecule has 0 amide bonds. The highest BCUT2D eigenvalue weighted by atomic mass is 32.1. The van der Waals surface area contributed by atoms with Crippen LogP contribution in [0.3, 0.4) is 0 Å². The molecular formula is C20H23N3O2S. The molecule has 1 fully saturated rings. The summed E-state index contributed by atoms with van der Waals surface area (Å²) in [6, 6.07) is 12.3. The normalized spacial score (nSPS) is 18.2. The molecule has 0 aliphatic carbocycles. The molecule has 5 nitrogen and oxygen atoms in total. The van der Waals surface area contributed by atoms with Crippen molar-refractivity contribution in [3.63, 3.8) is 0 Å². The molecule has 3 aromatic rings. The van der Waals surface area contributed by atoms with Gasteiger partial charge in [0.1, 0.15) is 5.75 Å². The molecule has 0 spiro atoms. The molecule has 1 aromatic carbocycles. The molecule has 0 radical (unpaired) electrons. The van der Waals surface area contributed by atoms with Gasteiger partial charge in [-0.05, 0) is 44.5 Å². The standard InChI is InChI=1S/C20H23N3O2S/c1-14-9-10-18(26-14)20-22-21-19(25-20)16-7-5-11-23(13-16)12-15-6-3-4-8-17(15)24-2/h3-4,6,8-10,16H,5,7,11-13H2,1-2H3. The van der Waals surface area contributed by atoms with E-state index in [1.54, 1.807) is 18.4 Å². The van der Waals surface area contributed by atoms with Gasteiger partial charge in [-0.1, -0.05) is 18.2 Å². The summed E-state index contributed by atoms with van der Waals surface area (Å²) in [7, 11) is 1.73. The first kappa shape index (κ1) is 17.2. The van der Waals surface area contributed by atoms with E-state index in [1.807, 2.05) is 18.2 Å². The Hall–Kier alpha value is -2.18. The van der Waals surface area contributed by atoms with Gasteiger partial charge in [-0.15, -0.1) is 21.5 Å². The molecular weight excluding hydrogens is 346 g/mol. The van der Waals surface area contributed by atoms with E-state index in [0.29, 0.717) is 11.8 Å².